The number of hydrogen-bond donors (Lipinski definition) is 1. The second-order valence-electron chi connectivity index (χ2n) is 4.38. The average Bonchev–Trinajstić information content (AvgIpc) is 3.02. The highest BCUT2D eigenvalue weighted by atomic mass is 19.4. The van der Waals surface area contributed by atoms with Gasteiger partial charge in [-0.05, 0) is 36.5 Å². The molecule has 0 saturated heterocycles. The molecule has 1 atom stereocenters. The smallest absolute Gasteiger partial charge is 0.416 e. The predicted octanol–water partition coefficient (Wildman–Crippen LogP) is 3.42. The van der Waals surface area contributed by atoms with Crippen LogP contribution in [0, 0.1) is 11.7 Å². The Morgan fingerprint density at radius 2 is 1.94 bits per heavy atom. The zero-order valence-electron chi connectivity index (χ0n) is 9.17. The molecule has 1 aromatic rings. The summed E-state index contributed by atoms with van der Waals surface area (Å²) in [4.78, 5) is 11.1. The molecule has 1 saturated carbocycles. The molecule has 2 nitrogen and oxygen atoms in total. The summed E-state index contributed by atoms with van der Waals surface area (Å²) in [6, 6.07) is 2.14. The lowest BCUT2D eigenvalue weighted by atomic mass is 9.90. The lowest BCUT2D eigenvalue weighted by Gasteiger charge is -2.18. The predicted molar refractivity (Wildman–Crippen MR) is 54.5 cm³/mol. The maximum Gasteiger partial charge on any atom is 0.416 e. The monoisotopic (exact) mass is 262 g/mol. The third kappa shape index (κ3) is 2.47. The van der Waals surface area contributed by atoms with Gasteiger partial charge in [-0.25, -0.2) is 4.39 Å². The summed E-state index contributed by atoms with van der Waals surface area (Å²) in [5, 5.41) is 9.04. The van der Waals surface area contributed by atoms with E-state index in [-0.39, 0.29) is 11.5 Å². The topological polar surface area (TPSA) is 37.3 Å². The molecule has 1 aromatic carbocycles. The van der Waals surface area contributed by atoms with Crippen molar-refractivity contribution in [3.05, 3.63) is 35.1 Å². The van der Waals surface area contributed by atoms with E-state index in [0.717, 1.165) is 12.1 Å². The first-order valence-corrected chi connectivity index (χ1v) is 5.40. The van der Waals surface area contributed by atoms with Crippen molar-refractivity contribution in [2.24, 2.45) is 5.92 Å². The van der Waals surface area contributed by atoms with E-state index in [2.05, 4.69) is 0 Å². The van der Waals surface area contributed by atoms with Crippen molar-refractivity contribution in [1.29, 1.82) is 0 Å². The SMILES string of the molecule is O=C(O)C(c1ccc(F)cc1C(F)(F)F)C1CC1. The van der Waals surface area contributed by atoms with Crippen LogP contribution in [0.4, 0.5) is 17.6 Å². The standard InChI is InChI=1S/C12H10F4O2/c13-7-3-4-8(9(5-7)12(14,15)16)10(11(17)18)6-1-2-6/h3-6,10H,1-2H2,(H,17,18). The third-order valence-corrected chi connectivity index (χ3v) is 3.02. The highest BCUT2D eigenvalue weighted by molar-refractivity contribution is 5.77. The van der Waals surface area contributed by atoms with Crippen LogP contribution in [-0.4, -0.2) is 11.1 Å². The zero-order chi connectivity index (χ0) is 13.5. The number of benzene rings is 1. The quantitative estimate of drug-likeness (QED) is 0.847. The van der Waals surface area contributed by atoms with E-state index < -0.39 is 29.4 Å². The molecule has 1 aliphatic rings. The molecule has 0 radical (unpaired) electrons. The van der Waals surface area contributed by atoms with E-state index in [9.17, 15) is 22.4 Å². The van der Waals surface area contributed by atoms with Crippen LogP contribution in [0.3, 0.4) is 0 Å². The number of rotatable bonds is 3. The van der Waals surface area contributed by atoms with Gasteiger partial charge in [0.05, 0.1) is 11.5 Å². The molecule has 1 aliphatic carbocycles. The summed E-state index contributed by atoms with van der Waals surface area (Å²) >= 11 is 0. The fourth-order valence-corrected chi connectivity index (χ4v) is 2.06. The van der Waals surface area contributed by atoms with Gasteiger partial charge in [0.15, 0.2) is 0 Å². The molecule has 0 bridgehead atoms. The van der Waals surface area contributed by atoms with Crippen molar-refractivity contribution < 1.29 is 27.5 Å². The Labute approximate surface area is 100 Å². The summed E-state index contributed by atoms with van der Waals surface area (Å²) in [6.07, 6.45) is -3.57. The Morgan fingerprint density at radius 1 is 1.33 bits per heavy atom. The number of carboxylic acids is 1. The fraction of sp³-hybridized carbons (Fsp3) is 0.417. The Morgan fingerprint density at radius 3 is 2.39 bits per heavy atom. The first kappa shape index (κ1) is 12.9. The van der Waals surface area contributed by atoms with Crippen molar-refractivity contribution in [1.82, 2.24) is 0 Å². The van der Waals surface area contributed by atoms with Gasteiger partial charge in [-0.1, -0.05) is 6.07 Å². The molecular formula is C12H10F4O2. The molecule has 98 valence electrons. The normalized spacial score (nSPS) is 17.6. The molecule has 0 aromatic heterocycles. The second kappa shape index (κ2) is 4.26. The van der Waals surface area contributed by atoms with Crippen LogP contribution >= 0.6 is 0 Å². The van der Waals surface area contributed by atoms with Crippen LogP contribution in [0.1, 0.15) is 29.9 Å². The summed E-state index contributed by atoms with van der Waals surface area (Å²) in [5.41, 5.74) is -1.54. The molecule has 0 heterocycles. The van der Waals surface area contributed by atoms with E-state index in [4.69, 9.17) is 5.11 Å². The van der Waals surface area contributed by atoms with Crippen LogP contribution in [0.2, 0.25) is 0 Å². The number of carboxylic acid groups (broad SMARTS) is 1. The van der Waals surface area contributed by atoms with Crippen LogP contribution in [0.15, 0.2) is 18.2 Å². The van der Waals surface area contributed by atoms with Gasteiger partial charge < -0.3 is 5.11 Å². The number of alkyl halides is 3. The minimum Gasteiger partial charge on any atom is -0.481 e. The van der Waals surface area contributed by atoms with Gasteiger partial charge in [0.25, 0.3) is 0 Å². The van der Waals surface area contributed by atoms with E-state index in [0.29, 0.717) is 18.9 Å². The van der Waals surface area contributed by atoms with Gasteiger partial charge in [-0.15, -0.1) is 0 Å². The summed E-state index contributed by atoms with van der Waals surface area (Å²) in [7, 11) is 0. The molecule has 6 heteroatoms. The van der Waals surface area contributed by atoms with Crippen LogP contribution in [0.5, 0.6) is 0 Å². The summed E-state index contributed by atoms with van der Waals surface area (Å²) < 4.78 is 51.2. The van der Waals surface area contributed by atoms with Crippen molar-refractivity contribution in [3.8, 4) is 0 Å². The Kier molecular flexibility index (Phi) is 3.04. The number of carbonyl (C=O) groups is 1. The lowest BCUT2D eigenvalue weighted by molar-refractivity contribution is -0.142. The molecule has 18 heavy (non-hydrogen) atoms. The van der Waals surface area contributed by atoms with Gasteiger partial charge in [0.2, 0.25) is 0 Å². The molecule has 1 fully saturated rings. The molecule has 0 aliphatic heterocycles. The lowest BCUT2D eigenvalue weighted by Crippen LogP contribution is -2.19. The van der Waals surface area contributed by atoms with Gasteiger partial charge in [0, 0.05) is 0 Å². The van der Waals surface area contributed by atoms with Crippen LogP contribution < -0.4 is 0 Å². The number of halogens is 4. The van der Waals surface area contributed by atoms with Crippen LogP contribution in [-0.2, 0) is 11.0 Å². The maximum atomic E-state index is 12.9. The van der Waals surface area contributed by atoms with Gasteiger partial charge in [-0.3, -0.25) is 4.79 Å². The summed E-state index contributed by atoms with van der Waals surface area (Å²) in [5.74, 6) is -3.81. The Balaban J connectivity index is 2.51. The number of hydrogen-bond acceptors (Lipinski definition) is 1. The number of aliphatic carboxylic acids is 1. The molecule has 0 spiro atoms. The fourth-order valence-electron chi connectivity index (χ4n) is 2.06. The van der Waals surface area contributed by atoms with E-state index >= 15 is 0 Å². The van der Waals surface area contributed by atoms with Crippen LogP contribution in [0.25, 0.3) is 0 Å². The Bertz CT molecular complexity index is 477. The third-order valence-electron chi connectivity index (χ3n) is 3.02. The first-order chi connectivity index (χ1) is 8.30. The largest absolute Gasteiger partial charge is 0.481 e. The maximum absolute atomic E-state index is 12.9. The minimum absolute atomic E-state index is 0.283. The molecule has 0 amide bonds. The highest BCUT2D eigenvalue weighted by Gasteiger charge is 2.43. The van der Waals surface area contributed by atoms with Gasteiger partial charge >= 0.3 is 12.1 Å². The van der Waals surface area contributed by atoms with E-state index in [1.54, 1.807) is 0 Å². The Hall–Kier alpha value is -1.59. The molecule has 1 N–H and O–H groups in total. The molecule has 2 rings (SSSR count). The second-order valence-corrected chi connectivity index (χ2v) is 4.38. The molecule has 1 unspecified atom stereocenters. The van der Waals surface area contributed by atoms with Crippen molar-refractivity contribution in [2.45, 2.75) is 24.9 Å². The van der Waals surface area contributed by atoms with Crippen molar-refractivity contribution in [3.63, 3.8) is 0 Å². The average molecular weight is 262 g/mol. The van der Waals surface area contributed by atoms with Gasteiger partial charge in [-0.2, -0.15) is 13.2 Å². The first-order valence-electron chi connectivity index (χ1n) is 5.40. The van der Waals surface area contributed by atoms with Gasteiger partial charge in [0.1, 0.15) is 5.82 Å². The van der Waals surface area contributed by atoms with E-state index in [1.807, 2.05) is 0 Å². The summed E-state index contributed by atoms with van der Waals surface area (Å²) in [6.45, 7) is 0. The van der Waals surface area contributed by atoms with E-state index in [1.165, 1.54) is 0 Å². The minimum atomic E-state index is -4.75. The van der Waals surface area contributed by atoms with Crippen molar-refractivity contribution >= 4 is 5.97 Å². The molecular weight excluding hydrogens is 252 g/mol. The zero-order valence-corrected chi connectivity index (χ0v) is 9.17. The highest BCUT2D eigenvalue weighted by Crippen LogP contribution is 2.46. The van der Waals surface area contributed by atoms with Crippen molar-refractivity contribution in [2.75, 3.05) is 0 Å².